The van der Waals surface area contributed by atoms with Gasteiger partial charge in [-0.1, -0.05) is 12.1 Å². The zero-order chi connectivity index (χ0) is 10.8. The number of hydrogen-bond acceptors (Lipinski definition) is 2. The number of carbonyl (C=O) groups excluding carboxylic acids is 1. The molecule has 0 bridgehead atoms. The fourth-order valence-corrected chi connectivity index (χ4v) is 1.76. The highest BCUT2D eigenvalue weighted by Gasteiger charge is 2.22. The molecule has 1 fully saturated rings. The van der Waals surface area contributed by atoms with Gasteiger partial charge in [0.1, 0.15) is 5.82 Å². The third-order valence-electron chi connectivity index (χ3n) is 2.62. The number of amides is 1. The maximum Gasteiger partial charge on any atom is 0.407 e. The molecule has 1 amide bonds. The molecule has 0 aromatic heterocycles. The van der Waals surface area contributed by atoms with Gasteiger partial charge in [-0.2, -0.15) is 0 Å². The molecule has 1 aliphatic rings. The van der Waals surface area contributed by atoms with Crippen LogP contribution in [0.1, 0.15) is 23.6 Å². The summed E-state index contributed by atoms with van der Waals surface area (Å²) in [5.41, 5.74) is 1.41. The first-order chi connectivity index (χ1) is 7.18. The van der Waals surface area contributed by atoms with E-state index in [4.69, 9.17) is 4.74 Å². The maximum atomic E-state index is 13.3. The van der Waals surface area contributed by atoms with Crippen molar-refractivity contribution in [2.75, 3.05) is 6.61 Å². The van der Waals surface area contributed by atoms with Gasteiger partial charge >= 0.3 is 6.09 Å². The predicted molar refractivity (Wildman–Crippen MR) is 53.0 cm³/mol. The zero-order valence-corrected chi connectivity index (χ0v) is 8.42. The van der Waals surface area contributed by atoms with Crippen LogP contribution < -0.4 is 5.32 Å². The summed E-state index contributed by atoms with van der Waals surface area (Å²) in [6.07, 6.45) is 0.241. The molecule has 0 spiro atoms. The van der Waals surface area contributed by atoms with Crippen LogP contribution >= 0.6 is 0 Å². The van der Waals surface area contributed by atoms with Crippen molar-refractivity contribution in [2.24, 2.45) is 0 Å². The Bertz CT molecular complexity index is 392. The Kier molecular flexibility index (Phi) is 2.58. The van der Waals surface area contributed by atoms with E-state index in [-0.39, 0.29) is 11.9 Å². The number of halogens is 1. The minimum Gasteiger partial charge on any atom is -0.449 e. The minimum atomic E-state index is -0.435. The molecule has 0 saturated carbocycles. The van der Waals surface area contributed by atoms with Crippen LogP contribution in [0.15, 0.2) is 18.2 Å². The van der Waals surface area contributed by atoms with Crippen molar-refractivity contribution in [1.29, 1.82) is 0 Å². The Morgan fingerprint density at radius 2 is 2.33 bits per heavy atom. The summed E-state index contributed by atoms with van der Waals surface area (Å²) in [5.74, 6) is -0.242. The molecule has 3 nitrogen and oxygen atoms in total. The lowest BCUT2D eigenvalue weighted by atomic mass is 9.98. The van der Waals surface area contributed by atoms with Gasteiger partial charge in [0.15, 0.2) is 0 Å². The molecule has 80 valence electrons. The highest BCUT2D eigenvalue weighted by Crippen LogP contribution is 2.24. The lowest BCUT2D eigenvalue weighted by Crippen LogP contribution is -2.35. The van der Waals surface area contributed by atoms with Crippen LogP contribution in [0.3, 0.4) is 0 Å². The second-order valence-electron chi connectivity index (χ2n) is 3.58. The van der Waals surface area contributed by atoms with Gasteiger partial charge in [-0.25, -0.2) is 9.18 Å². The number of nitrogens with one attached hydrogen (secondary N) is 1. The summed E-state index contributed by atoms with van der Waals surface area (Å²) < 4.78 is 18.0. The van der Waals surface area contributed by atoms with E-state index in [1.165, 1.54) is 6.07 Å². The zero-order valence-electron chi connectivity index (χ0n) is 8.42. The first-order valence-corrected chi connectivity index (χ1v) is 4.87. The second kappa shape index (κ2) is 3.88. The first kappa shape index (κ1) is 9.96. The molecule has 0 radical (unpaired) electrons. The summed E-state index contributed by atoms with van der Waals surface area (Å²) in [4.78, 5) is 11.0. The molecule has 1 aromatic rings. The van der Waals surface area contributed by atoms with Gasteiger partial charge in [-0.3, -0.25) is 0 Å². The number of hydrogen-bond donors (Lipinski definition) is 1. The molecule has 1 aliphatic heterocycles. The summed E-state index contributed by atoms with van der Waals surface area (Å²) in [6, 6.07) is 4.76. The summed E-state index contributed by atoms with van der Waals surface area (Å²) >= 11 is 0. The molecule has 1 aromatic carbocycles. The van der Waals surface area contributed by atoms with Gasteiger partial charge in [-0.05, 0) is 24.1 Å². The van der Waals surface area contributed by atoms with Gasteiger partial charge in [-0.15, -0.1) is 0 Å². The van der Waals surface area contributed by atoms with Crippen molar-refractivity contribution in [2.45, 2.75) is 19.4 Å². The maximum absolute atomic E-state index is 13.3. The standard InChI is InChI=1S/C11H12FNO2/c1-7-8(3-2-4-9(7)12)10-5-6-15-11(14)13-10/h2-4,10H,5-6H2,1H3,(H,13,14)/t10-/m1/s1. The van der Waals surface area contributed by atoms with Gasteiger partial charge in [0.25, 0.3) is 0 Å². The number of benzene rings is 1. The average molecular weight is 209 g/mol. The van der Waals surface area contributed by atoms with Crippen molar-refractivity contribution in [3.05, 3.63) is 35.1 Å². The van der Waals surface area contributed by atoms with Crippen molar-refractivity contribution in [3.8, 4) is 0 Å². The van der Waals surface area contributed by atoms with Crippen LogP contribution in [-0.4, -0.2) is 12.7 Å². The molecule has 1 atom stereocenters. The van der Waals surface area contributed by atoms with Crippen LogP contribution in [0, 0.1) is 12.7 Å². The van der Waals surface area contributed by atoms with Crippen LogP contribution in [0.5, 0.6) is 0 Å². The molecule has 1 N–H and O–H groups in total. The van der Waals surface area contributed by atoms with Gasteiger partial charge in [0, 0.05) is 6.42 Å². The topological polar surface area (TPSA) is 38.3 Å². The highest BCUT2D eigenvalue weighted by atomic mass is 19.1. The Balaban J connectivity index is 2.28. The molecule has 0 unspecified atom stereocenters. The molecule has 15 heavy (non-hydrogen) atoms. The van der Waals surface area contributed by atoms with Crippen LogP contribution in [-0.2, 0) is 4.74 Å². The van der Waals surface area contributed by atoms with E-state index in [1.54, 1.807) is 13.0 Å². The molecule has 1 heterocycles. The number of alkyl carbamates (subject to hydrolysis) is 1. The third kappa shape index (κ3) is 1.93. The van der Waals surface area contributed by atoms with Crippen molar-refractivity contribution >= 4 is 6.09 Å². The summed E-state index contributed by atoms with van der Waals surface area (Å²) in [5, 5.41) is 2.67. The normalized spacial score (nSPS) is 20.7. The van der Waals surface area contributed by atoms with E-state index in [2.05, 4.69) is 5.32 Å². The van der Waals surface area contributed by atoms with E-state index in [9.17, 15) is 9.18 Å². The van der Waals surface area contributed by atoms with Crippen LogP contribution in [0.4, 0.5) is 9.18 Å². The van der Waals surface area contributed by atoms with Crippen molar-refractivity contribution < 1.29 is 13.9 Å². The molecule has 0 aliphatic carbocycles. The Morgan fingerprint density at radius 1 is 1.53 bits per heavy atom. The smallest absolute Gasteiger partial charge is 0.407 e. The van der Waals surface area contributed by atoms with Crippen molar-refractivity contribution in [3.63, 3.8) is 0 Å². The van der Waals surface area contributed by atoms with E-state index in [0.717, 1.165) is 5.56 Å². The SMILES string of the molecule is Cc1c(F)cccc1[C@H]1CCOC(=O)N1. The Morgan fingerprint density at radius 3 is 3.07 bits per heavy atom. The van der Waals surface area contributed by atoms with Crippen LogP contribution in [0.2, 0.25) is 0 Å². The Labute approximate surface area is 87.2 Å². The summed E-state index contributed by atoms with van der Waals surface area (Å²) in [7, 11) is 0. The van der Waals surface area contributed by atoms with Gasteiger partial charge in [0.2, 0.25) is 0 Å². The number of rotatable bonds is 1. The fraction of sp³-hybridized carbons (Fsp3) is 0.364. The van der Waals surface area contributed by atoms with E-state index in [0.29, 0.717) is 18.6 Å². The molecule has 2 rings (SSSR count). The average Bonchev–Trinajstić information content (AvgIpc) is 2.22. The van der Waals surface area contributed by atoms with Gasteiger partial charge < -0.3 is 10.1 Å². The van der Waals surface area contributed by atoms with Gasteiger partial charge in [0.05, 0.1) is 12.6 Å². The lowest BCUT2D eigenvalue weighted by molar-refractivity contribution is 0.115. The van der Waals surface area contributed by atoms with E-state index >= 15 is 0 Å². The monoisotopic (exact) mass is 209 g/mol. The molecule has 4 heteroatoms. The summed E-state index contributed by atoms with van der Waals surface area (Å²) in [6.45, 7) is 2.10. The quantitative estimate of drug-likeness (QED) is 0.770. The van der Waals surface area contributed by atoms with Crippen LogP contribution in [0.25, 0.3) is 0 Å². The minimum absolute atomic E-state index is 0.137. The van der Waals surface area contributed by atoms with E-state index < -0.39 is 6.09 Å². The lowest BCUT2D eigenvalue weighted by Gasteiger charge is -2.25. The third-order valence-corrected chi connectivity index (χ3v) is 2.62. The largest absolute Gasteiger partial charge is 0.449 e. The van der Waals surface area contributed by atoms with E-state index in [1.807, 2.05) is 6.07 Å². The van der Waals surface area contributed by atoms with Crippen molar-refractivity contribution in [1.82, 2.24) is 5.32 Å². The first-order valence-electron chi connectivity index (χ1n) is 4.87. The number of ether oxygens (including phenoxy) is 1. The highest BCUT2D eigenvalue weighted by molar-refractivity contribution is 5.68. The molecular weight excluding hydrogens is 197 g/mol. The Hall–Kier alpha value is -1.58. The predicted octanol–water partition coefficient (Wildman–Crippen LogP) is 2.31. The number of cyclic esters (lactones) is 1. The fourth-order valence-electron chi connectivity index (χ4n) is 1.76. The second-order valence-corrected chi connectivity index (χ2v) is 3.58. The molecule has 1 saturated heterocycles. The molecular formula is C11H12FNO2. The number of carbonyl (C=O) groups is 1.